The molecule has 8 heteroatoms. The van der Waals surface area contributed by atoms with E-state index in [1.54, 1.807) is 12.1 Å². The molecule has 2 aliphatic rings. The van der Waals surface area contributed by atoms with Gasteiger partial charge in [0.15, 0.2) is 0 Å². The van der Waals surface area contributed by atoms with E-state index < -0.39 is 0 Å². The summed E-state index contributed by atoms with van der Waals surface area (Å²) in [6.45, 7) is 17.7. The predicted molar refractivity (Wildman–Crippen MR) is 182 cm³/mol. The van der Waals surface area contributed by atoms with E-state index in [1.165, 1.54) is 27.1 Å². The van der Waals surface area contributed by atoms with Gasteiger partial charge in [0.25, 0.3) is 0 Å². The van der Waals surface area contributed by atoms with E-state index in [0.29, 0.717) is 57.3 Å². The summed E-state index contributed by atoms with van der Waals surface area (Å²) in [6.07, 6.45) is 7.10. The first-order valence-corrected chi connectivity index (χ1v) is 15.9. The lowest BCUT2D eigenvalue weighted by Crippen LogP contribution is -2.35. The summed E-state index contributed by atoms with van der Waals surface area (Å²) in [5.41, 5.74) is 18.8. The molecule has 0 radical (unpaired) electrons. The molecule has 0 amide bonds. The van der Waals surface area contributed by atoms with Crippen molar-refractivity contribution in [3.8, 4) is 0 Å². The standard InChI is InChI=1S/2C18H28N2O2/c2*1-11-6-13(10-18(3,4)9-11)20-16-7-12(2)14(8-15(16)19)17(21)22-5/h2*7-8,11,13,20H,6,9-10,19H2,1-5H3/t2*11-,13-/m10/s1. The van der Waals surface area contributed by atoms with Gasteiger partial charge in [-0.3, -0.25) is 0 Å². The summed E-state index contributed by atoms with van der Waals surface area (Å²) < 4.78 is 9.58. The van der Waals surface area contributed by atoms with Crippen LogP contribution in [0.15, 0.2) is 24.3 Å². The number of esters is 2. The predicted octanol–water partition coefficient (Wildman–Crippen LogP) is 7.98. The molecule has 44 heavy (non-hydrogen) atoms. The van der Waals surface area contributed by atoms with Crippen molar-refractivity contribution in [1.82, 2.24) is 0 Å². The average molecular weight is 609 g/mol. The van der Waals surface area contributed by atoms with Gasteiger partial charge in [0, 0.05) is 12.1 Å². The summed E-state index contributed by atoms with van der Waals surface area (Å²) in [4.78, 5) is 23.4. The Kier molecular flexibility index (Phi) is 11.3. The number of nitrogens with two attached hydrogens (primary N) is 2. The third-order valence-electron chi connectivity index (χ3n) is 9.10. The van der Waals surface area contributed by atoms with Gasteiger partial charge in [0.1, 0.15) is 0 Å². The molecule has 0 saturated heterocycles. The molecule has 0 unspecified atom stereocenters. The van der Waals surface area contributed by atoms with Gasteiger partial charge in [0.2, 0.25) is 0 Å². The smallest absolute Gasteiger partial charge is 0.338 e. The highest BCUT2D eigenvalue weighted by Gasteiger charge is 2.33. The number of hydrogen-bond donors (Lipinski definition) is 4. The van der Waals surface area contributed by atoms with Gasteiger partial charge in [-0.25, -0.2) is 9.59 Å². The fourth-order valence-corrected chi connectivity index (χ4v) is 7.71. The number of benzene rings is 2. The van der Waals surface area contributed by atoms with Crippen LogP contribution in [0.25, 0.3) is 0 Å². The lowest BCUT2D eigenvalue weighted by atomic mass is 9.70. The number of nitrogen functional groups attached to an aromatic ring is 2. The van der Waals surface area contributed by atoms with Gasteiger partial charge in [-0.15, -0.1) is 0 Å². The van der Waals surface area contributed by atoms with E-state index in [2.05, 4.69) is 52.2 Å². The van der Waals surface area contributed by atoms with Crippen LogP contribution in [0.2, 0.25) is 0 Å². The van der Waals surface area contributed by atoms with Crippen LogP contribution in [0.1, 0.15) is 112 Å². The van der Waals surface area contributed by atoms with Crippen LogP contribution >= 0.6 is 0 Å². The van der Waals surface area contributed by atoms with Gasteiger partial charge in [-0.2, -0.15) is 0 Å². The molecule has 8 nitrogen and oxygen atoms in total. The van der Waals surface area contributed by atoms with E-state index in [9.17, 15) is 9.59 Å². The molecule has 0 aromatic heterocycles. The lowest BCUT2D eigenvalue weighted by molar-refractivity contribution is 0.0591. The summed E-state index contributed by atoms with van der Waals surface area (Å²) in [6, 6.07) is 8.16. The third-order valence-corrected chi connectivity index (χ3v) is 9.10. The third kappa shape index (κ3) is 9.29. The van der Waals surface area contributed by atoms with Crippen LogP contribution in [0.4, 0.5) is 22.7 Å². The Balaban J connectivity index is 0.000000240. The molecule has 0 aliphatic heterocycles. The molecule has 2 saturated carbocycles. The van der Waals surface area contributed by atoms with E-state index in [0.717, 1.165) is 48.2 Å². The quantitative estimate of drug-likeness (QED) is 0.192. The number of carbonyl (C=O) groups is 2. The number of hydrogen-bond acceptors (Lipinski definition) is 8. The van der Waals surface area contributed by atoms with Crippen LogP contribution in [-0.4, -0.2) is 38.2 Å². The first-order chi connectivity index (χ1) is 20.4. The van der Waals surface area contributed by atoms with Crippen molar-refractivity contribution in [3.05, 3.63) is 46.5 Å². The number of ether oxygens (including phenoxy) is 2. The van der Waals surface area contributed by atoms with Crippen molar-refractivity contribution in [3.63, 3.8) is 0 Å². The number of nitrogens with one attached hydrogen (secondary N) is 2. The van der Waals surface area contributed by atoms with Crippen molar-refractivity contribution in [1.29, 1.82) is 0 Å². The maximum atomic E-state index is 11.7. The average Bonchev–Trinajstić information content (AvgIpc) is 2.89. The molecule has 2 aromatic rings. The first-order valence-electron chi connectivity index (χ1n) is 15.9. The monoisotopic (exact) mass is 608 g/mol. The maximum absolute atomic E-state index is 11.7. The highest BCUT2D eigenvalue weighted by molar-refractivity contribution is 5.94. The molecule has 6 N–H and O–H groups in total. The molecular formula is C36H56N4O4. The SMILES string of the molecule is COC(=O)c1cc(N)c(N[C@@H]2C[C@@H](C)CC(C)(C)C2)cc1C.COC(=O)c1cc(N)c(N[C@H]2C[C@H](C)CC(C)(C)C2)cc1C. The number of methoxy groups -OCH3 is 2. The van der Waals surface area contributed by atoms with Crippen molar-refractivity contribution < 1.29 is 19.1 Å². The molecule has 0 heterocycles. The summed E-state index contributed by atoms with van der Waals surface area (Å²) in [5.74, 6) is 0.724. The molecule has 2 aliphatic carbocycles. The molecule has 4 rings (SSSR count). The zero-order chi connectivity index (χ0) is 33.0. The molecule has 2 aromatic carbocycles. The summed E-state index contributed by atoms with van der Waals surface area (Å²) in [7, 11) is 2.77. The minimum Gasteiger partial charge on any atom is -0.465 e. The molecule has 244 valence electrons. The molecule has 4 atom stereocenters. The Labute approximate surface area is 265 Å². The lowest BCUT2D eigenvalue weighted by Gasteiger charge is -2.39. The molecular weight excluding hydrogens is 552 g/mol. The molecule has 0 bridgehead atoms. The van der Waals surface area contributed by atoms with E-state index in [4.69, 9.17) is 20.9 Å². The number of anilines is 4. The van der Waals surface area contributed by atoms with E-state index >= 15 is 0 Å². The molecule has 2 fully saturated rings. The van der Waals surface area contributed by atoms with Crippen LogP contribution < -0.4 is 22.1 Å². The maximum Gasteiger partial charge on any atom is 0.338 e. The van der Waals surface area contributed by atoms with Crippen LogP contribution in [0, 0.1) is 36.5 Å². The molecule has 0 spiro atoms. The van der Waals surface area contributed by atoms with Gasteiger partial charge in [-0.05, 0) is 110 Å². The second-order valence-electron chi connectivity index (χ2n) is 15.0. The number of rotatable bonds is 6. The Morgan fingerprint density at radius 1 is 0.682 bits per heavy atom. The van der Waals surface area contributed by atoms with Crippen molar-refractivity contribution in [2.75, 3.05) is 36.3 Å². The highest BCUT2D eigenvalue weighted by Crippen LogP contribution is 2.41. The Hall–Kier alpha value is -3.42. The van der Waals surface area contributed by atoms with E-state index in [-0.39, 0.29) is 11.9 Å². The fourth-order valence-electron chi connectivity index (χ4n) is 7.71. The van der Waals surface area contributed by atoms with Gasteiger partial charge in [-0.1, -0.05) is 41.5 Å². The minimum atomic E-state index is -0.344. The normalized spacial score (nSPS) is 23.9. The Morgan fingerprint density at radius 2 is 1.02 bits per heavy atom. The van der Waals surface area contributed by atoms with Crippen molar-refractivity contribution in [2.24, 2.45) is 22.7 Å². The van der Waals surface area contributed by atoms with Crippen molar-refractivity contribution >= 4 is 34.7 Å². The minimum absolute atomic E-state index is 0.344. The van der Waals surface area contributed by atoms with E-state index in [1.807, 2.05) is 26.0 Å². The van der Waals surface area contributed by atoms with Gasteiger partial charge < -0.3 is 31.6 Å². The fraction of sp³-hybridized carbons (Fsp3) is 0.611. The Morgan fingerprint density at radius 3 is 1.32 bits per heavy atom. The summed E-state index contributed by atoms with van der Waals surface area (Å²) >= 11 is 0. The van der Waals surface area contributed by atoms with Crippen molar-refractivity contribution in [2.45, 2.75) is 106 Å². The first kappa shape index (κ1) is 35.1. The van der Waals surface area contributed by atoms with Gasteiger partial charge >= 0.3 is 11.9 Å². The highest BCUT2D eigenvalue weighted by atomic mass is 16.5. The van der Waals surface area contributed by atoms with Crippen LogP contribution in [0.5, 0.6) is 0 Å². The topological polar surface area (TPSA) is 129 Å². The van der Waals surface area contributed by atoms with Gasteiger partial charge in [0.05, 0.1) is 48.1 Å². The number of aryl methyl sites for hydroxylation is 2. The zero-order valence-corrected chi connectivity index (χ0v) is 28.6. The second kappa shape index (κ2) is 14.1. The number of carbonyl (C=O) groups excluding carboxylic acids is 2. The second-order valence-corrected chi connectivity index (χ2v) is 15.0. The zero-order valence-electron chi connectivity index (χ0n) is 28.6. The largest absolute Gasteiger partial charge is 0.465 e. The summed E-state index contributed by atoms with van der Waals surface area (Å²) in [5, 5.41) is 7.17. The van der Waals surface area contributed by atoms with Crippen LogP contribution in [-0.2, 0) is 9.47 Å². The Bertz CT molecular complexity index is 1230. The van der Waals surface area contributed by atoms with Crippen LogP contribution in [0.3, 0.4) is 0 Å².